The van der Waals surface area contributed by atoms with E-state index < -0.39 is 5.54 Å². The van der Waals surface area contributed by atoms with E-state index in [0.717, 1.165) is 5.56 Å². The largest absolute Gasteiger partial charge is 0.381 e. The van der Waals surface area contributed by atoms with Crippen molar-refractivity contribution in [2.75, 3.05) is 20.8 Å². The molecule has 0 amide bonds. The van der Waals surface area contributed by atoms with Crippen molar-refractivity contribution < 1.29 is 4.74 Å². The number of nitriles is 1. The van der Waals surface area contributed by atoms with Gasteiger partial charge in [0.2, 0.25) is 0 Å². The van der Waals surface area contributed by atoms with Gasteiger partial charge in [-0.1, -0.05) is 30.3 Å². The molecule has 1 rings (SSSR count). The first-order valence-corrected chi connectivity index (χ1v) is 4.43. The van der Waals surface area contributed by atoms with E-state index in [2.05, 4.69) is 11.4 Å². The molecule has 0 spiro atoms. The molecule has 0 aliphatic heterocycles. The van der Waals surface area contributed by atoms with Gasteiger partial charge in [0.05, 0.1) is 12.7 Å². The summed E-state index contributed by atoms with van der Waals surface area (Å²) in [4.78, 5) is 0. The predicted molar refractivity (Wildman–Crippen MR) is 54.7 cm³/mol. The highest BCUT2D eigenvalue weighted by molar-refractivity contribution is 5.31. The molecule has 1 N–H and O–H groups in total. The minimum absolute atomic E-state index is 0.337. The van der Waals surface area contributed by atoms with Crippen LogP contribution in [0, 0.1) is 11.3 Å². The summed E-state index contributed by atoms with van der Waals surface area (Å²) in [5, 5.41) is 12.2. The number of hydrogen-bond acceptors (Lipinski definition) is 3. The maximum Gasteiger partial charge on any atom is 0.155 e. The average Bonchev–Trinajstić information content (AvgIpc) is 2.27. The molecule has 0 aliphatic carbocycles. The Labute approximate surface area is 84.3 Å². The summed E-state index contributed by atoms with van der Waals surface area (Å²) in [5.74, 6) is 0. The maximum absolute atomic E-state index is 9.17. The molecule has 1 atom stereocenters. The number of nitrogens with one attached hydrogen (secondary N) is 1. The molecule has 1 unspecified atom stereocenters. The number of hydrogen-bond donors (Lipinski definition) is 1. The quantitative estimate of drug-likeness (QED) is 0.777. The van der Waals surface area contributed by atoms with Crippen LogP contribution in [0.15, 0.2) is 30.3 Å². The first-order valence-electron chi connectivity index (χ1n) is 4.43. The normalized spacial score (nSPS) is 14.4. The van der Waals surface area contributed by atoms with Gasteiger partial charge in [-0.05, 0) is 12.6 Å². The van der Waals surface area contributed by atoms with Crippen molar-refractivity contribution in [3.05, 3.63) is 35.9 Å². The van der Waals surface area contributed by atoms with E-state index in [1.807, 2.05) is 30.3 Å². The summed E-state index contributed by atoms with van der Waals surface area (Å²) in [6.07, 6.45) is 0. The van der Waals surface area contributed by atoms with Crippen molar-refractivity contribution in [2.45, 2.75) is 5.54 Å². The Morgan fingerprint density at radius 1 is 1.43 bits per heavy atom. The van der Waals surface area contributed by atoms with Gasteiger partial charge in [0.1, 0.15) is 0 Å². The Bertz CT molecular complexity index is 318. The molecule has 0 saturated heterocycles. The van der Waals surface area contributed by atoms with Crippen LogP contribution >= 0.6 is 0 Å². The SMILES string of the molecule is CNC(C#N)(COC)c1ccccc1. The summed E-state index contributed by atoms with van der Waals surface area (Å²) in [5.41, 5.74) is 0.183. The molecule has 0 heterocycles. The zero-order chi connectivity index (χ0) is 10.4. The van der Waals surface area contributed by atoms with E-state index in [-0.39, 0.29) is 0 Å². The zero-order valence-corrected chi connectivity index (χ0v) is 8.45. The van der Waals surface area contributed by atoms with E-state index in [1.54, 1.807) is 14.2 Å². The molecule has 0 aromatic heterocycles. The molecule has 14 heavy (non-hydrogen) atoms. The Hall–Kier alpha value is -1.37. The van der Waals surface area contributed by atoms with Crippen molar-refractivity contribution in [1.82, 2.24) is 5.32 Å². The highest BCUT2D eigenvalue weighted by atomic mass is 16.5. The first-order chi connectivity index (χ1) is 6.79. The van der Waals surface area contributed by atoms with Crippen LogP contribution in [-0.4, -0.2) is 20.8 Å². The fourth-order valence-corrected chi connectivity index (χ4v) is 1.39. The van der Waals surface area contributed by atoms with Crippen LogP contribution in [0.1, 0.15) is 5.56 Å². The summed E-state index contributed by atoms with van der Waals surface area (Å²) >= 11 is 0. The van der Waals surface area contributed by atoms with Gasteiger partial charge >= 0.3 is 0 Å². The standard InChI is InChI=1S/C11H14N2O/c1-13-11(8-12,9-14-2)10-6-4-3-5-7-10/h3-7,13H,9H2,1-2H3. The molecule has 0 aliphatic rings. The van der Waals surface area contributed by atoms with Crippen LogP contribution in [0.4, 0.5) is 0 Å². The maximum atomic E-state index is 9.17. The van der Waals surface area contributed by atoms with E-state index in [4.69, 9.17) is 10.00 Å². The van der Waals surface area contributed by atoms with Gasteiger partial charge in [-0.3, -0.25) is 5.32 Å². The Morgan fingerprint density at radius 2 is 2.07 bits per heavy atom. The molecule has 3 heteroatoms. The zero-order valence-electron chi connectivity index (χ0n) is 8.45. The van der Waals surface area contributed by atoms with Gasteiger partial charge in [-0.2, -0.15) is 5.26 Å². The third kappa shape index (κ3) is 1.92. The van der Waals surface area contributed by atoms with Gasteiger partial charge in [-0.15, -0.1) is 0 Å². The van der Waals surface area contributed by atoms with Crippen molar-refractivity contribution >= 4 is 0 Å². The van der Waals surface area contributed by atoms with Crippen molar-refractivity contribution in [1.29, 1.82) is 5.26 Å². The molecular formula is C11H14N2O. The molecule has 1 aromatic carbocycles. The Balaban J connectivity index is 3.06. The number of ether oxygens (including phenoxy) is 1. The summed E-state index contributed by atoms with van der Waals surface area (Å²) in [7, 11) is 3.35. The fourth-order valence-electron chi connectivity index (χ4n) is 1.39. The summed E-state index contributed by atoms with van der Waals surface area (Å²) in [6, 6.07) is 11.8. The van der Waals surface area contributed by atoms with E-state index in [1.165, 1.54) is 0 Å². The third-order valence-electron chi connectivity index (χ3n) is 2.25. The fraction of sp³-hybridized carbons (Fsp3) is 0.364. The Morgan fingerprint density at radius 3 is 2.50 bits per heavy atom. The van der Waals surface area contributed by atoms with Gasteiger partial charge in [-0.25, -0.2) is 0 Å². The van der Waals surface area contributed by atoms with Crippen LogP contribution in [-0.2, 0) is 10.3 Å². The highest BCUT2D eigenvalue weighted by Crippen LogP contribution is 2.19. The monoisotopic (exact) mass is 190 g/mol. The molecular weight excluding hydrogens is 176 g/mol. The van der Waals surface area contributed by atoms with Crippen molar-refractivity contribution in [2.24, 2.45) is 0 Å². The number of rotatable bonds is 4. The summed E-state index contributed by atoms with van der Waals surface area (Å²) < 4.78 is 5.06. The van der Waals surface area contributed by atoms with E-state index >= 15 is 0 Å². The minimum atomic E-state index is -0.740. The topological polar surface area (TPSA) is 45.0 Å². The molecule has 74 valence electrons. The minimum Gasteiger partial charge on any atom is -0.381 e. The van der Waals surface area contributed by atoms with Crippen molar-refractivity contribution in [3.8, 4) is 6.07 Å². The van der Waals surface area contributed by atoms with Crippen LogP contribution in [0.3, 0.4) is 0 Å². The van der Waals surface area contributed by atoms with Crippen LogP contribution in [0.25, 0.3) is 0 Å². The van der Waals surface area contributed by atoms with Crippen LogP contribution in [0.2, 0.25) is 0 Å². The van der Waals surface area contributed by atoms with Crippen LogP contribution in [0.5, 0.6) is 0 Å². The molecule has 0 saturated carbocycles. The second kappa shape index (κ2) is 4.75. The van der Waals surface area contributed by atoms with E-state index in [9.17, 15) is 0 Å². The number of nitrogens with zero attached hydrogens (tertiary/aromatic N) is 1. The van der Waals surface area contributed by atoms with Crippen molar-refractivity contribution in [3.63, 3.8) is 0 Å². The number of likely N-dealkylation sites (N-methyl/N-ethyl adjacent to an activating group) is 1. The highest BCUT2D eigenvalue weighted by Gasteiger charge is 2.29. The Kier molecular flexibility index (Phi) is 3.63. The number of benzene rings is 1. The lowest BCUT2D eigenvalue weighted by Gasteiger charge is -2.25. The predicted octanol–water partition coefficient (Wildman–Crippen LogP) is 1.27. The third-order valence-corrected chi connectivity index (χ3v) is 2.25. The van der Waals surface area contributed by atoms with E-state index in [0.29, 0.717) is 6.61 Å². The van der Waals surface area contributed by atoms with Gasteiger partial charge in [0.25, 0.3) is 0 Å². The molecule has 1 aromatic rings. The second-order valence-corrected chi connectivity index (χ2v) is 3.07. The summed E-state index contributed by atoms with van der Waals surface area (Å²) in [6.45, 7) is 0.337. The smallest absolute Gasteiger partial charge is 0.155 e. The first kappa shape index (κ1) is 10.7. The average molecular weight is 190 g/mol. The lowest BCUT2D eigenvalue weighted by Crippen LogP contribution is -2.42. The molecule has 0 bridgehead atoms. The molecule has 0 fully saturated rings. The van der Waals surface area contributed by atoms with Gasteiger partial charge in [0.15, 0.2) is 5.54 Å². The molecule has 0 radical (unpaired) electrons. The van der Waals surface area contributed by atoms with Gasteiger partial charge in [0, 0.05) is 7.11 Å². The van der Waals surface area contributed by atoms with Gasteiger partial charge < -0.3 is 4.74 Å². The molecule has 3 nitrogen and oxygen atoms in total. The second-order valence-electron chi connectivity index (χ2n) is 3.07. The van der Waals surface area contributed by atoms with Crippen LogP contribution < -0.4 is 5.32 Å². The lowest BCUT2D eigenvalue weighted by molar-refractivity contribution is 0.142. The lowest BCUT2D eigenvalue weighted by atomic mass is 9.92. The number of methoxy groups -OCH3 is 1.